The zero-order chi connectivity index (χ0) is 14.4. The number of rotatable bonds is 7. The maximum Gasteiger partial charge on any atom is 0.120 e. The van der Waals surface area contributed by atoms with Crippen LogP contribution in [0.15, 0.2) is 51.6 Å². The lowest BCUT2D eigenvalue weighted by Gasteiger charge is -2.16. The predicted molar refractivity (Wildman–Crippen MR) is 80.8 cm³/mol. The topological polar surface area (TPSA) is 54.6 Å². The van der Waals surface area contributed by atoms with Crippen LogP contribution in [0.4, 0.5) is 0 Å². The molecule has 0 saturated carbocycles. The van der Waals surface area contributed by atoms with E-state index >= 15 is 0 Å². The predicted octanol–water partition coefficient (Wildman–Crippen LogP) is 3.13. The molecule has 0 saturated heterocycles. The summed E-state index contributed by atoms with van der Waals surface area (Å²) >= 11 is 3.36. The largest absolute Gasteiger partial charge is 0.491 e. The van der Waals surface area contributed by atoms with Crippen LogP contribution in [0.3, 0.4) is 0 Å². The van der Waals surface area contributed by atoms with E-state index in [1.165, 1.54) is 0 Å². The highest BCUT2D eigenvalue weighted by Crippen LogP contribution is 2.16. The summed E-state index contributed by atoms with van der Waals surface area (Å²) in [6.45, 7) is 2.68. The van der Waals surface area contributed by atoms with Crippen LogP contribution in [0, 0.1) is 0 Å². The minimum atomic E-state index is -0.573. The molecule has 1 aromatic heterocycles. The van der Waals surface area contributed by atoms with Gasteiger partial charge >= 0.3 is 0 Å². The Balaban J connectivity index is 1.70. The van der Waals surface area contributed by atoms with Gasteiger partial charge in [0.15, 0.2) is 0 Å². The van der Waals surface area contributed by atoms with E-state index in [-0.39, 0.29) is 12.6 Å². The Hall–Kier alpha value is -1.30. The monoisotopic (exact) mass is 339 g/mol. The van der Waals surface area contributed by atoms with Crippen molar-refractivity contribution in [1.29, 1.82) is 0 Å². The van der Waals surface area contributed by atoms with Crippen LogP contribution >= 0.6 is 15.9 Å². The third-order valence-corrected chi connectivity index (χ3v) is 3.41. The van der Waals surface area contributed by atoms with Crippen molar-refractivity contribution in [2.45, 2.75) is 19.1 Å². The second-order valence-corrected chi connectivity index (χ2v) is 5.48. The van der Waals surface area contributed by atoms with Gasteiger partial charge in [0.05, 0.1) is 12.3 Å². The Kier molecular flexibility index (Phi) is 5.64. The fourth-order valence-electron chi connectivity index (χ4n) is 1.73. The molecule has 5 heteroatoms. The van der Waals surface area contributed by atoms with Crippen LogP contribution in [0.5, 0.6) is 5.75 Å². The van der Waals surface area contributed by atoms with E-state index in [1.54, 1.807) is 6.26 Å². The second kappa shape index (κ2) is 7.47. The summed E-state index contributed by atoms with van der Waals surface area (Å²) in [6.07, 6.45) is 1.07. The average molecular weight is 340 g/mol. The minimum Gasteiger partial charge on any atom is -0.491 e. The van der Waals surface area contributed by atoms with Gasteiger partial charge in [-0.3, -0.25) is 0 Å². The first-order chi connectivity index (χ1) is 9.65. The molecule has 1 aromatic carbocycles. The molecule has 0 aliphatic carbocycles. The van der Waals surface area contributed by atoms with Crippen LogP contribution in [-0.2, 0) is 0 Å². The number of hydrogen-bond donors (Lipinski definition) is 2. The molecule has 0 aliphatic rings. The van der Waals surface area contributed by atoms with Gasteiger partial charge in [-0.05, 0) is 43.3 Å². The number of nitrogens with one attached hydrogen (secondary N) is 1. The highest BCUT2D eigenvalue weighted by atomic mass is 79.9. The molecular formula is C15H18BrNO3. The molecule has 0 aliphatic heterocycles. The van der Waals surface area contributed by atoms with E-state index in [0.717, 1.165) is 16.0 Å². The molecule has 2 N–H and O–H groups in total. The van der Waals surface area contributed by atoms with Crippen molar-refractivity contribution in [3.8, 4) is 5.75 Å². The van der Waals surface area contributed by atoms with E-state index < -0.39 is 6.10 Å². The summed E-state index contributed by atoms with van der Waals surface area (Å²) in [7, 11) is 0. The molecule has 0 bridgehead atoms. The number of aliphatic hydroxyl groups excluding tert-OH is 1. The van der Waals surface area contributed by atoms with E-state index in [1.807, 2.05) is 43.3 Å². The molecule has 0 fully saturated rings. The van der Waals surface area contributed by atoms with Gasteiger partial charge in [0.2, 0.25) is 0 Å². The molecule has 2 rings (SSSR count). The van der Waals surface area contributed by atoms with Crippen molar-refractivity contribution < 1.29 is 14.3 Å². The molecule has 108 valence electrons. The highest BCUT2D eigenvalue weighted by molar-refractivity contribution is 9.10. The highest BCUT2D eigenvalue weighted by Gasteiger charge is 2.11. The Morgan fingerprint density at radius 1 is 1.30 bits per heavy atom. The summed E-state index contributed by atoms with van der Waals surface area (Å²) in [6, 6.07) is 11.3. The zero-order valence-electron chi connectivity index (χ0n) is 11.3. The lowest BCUT2D eigenvalue weighted by molar-refractivity contribution is 0.103. The van der Waals surface area contributed by atoms with Gasteiger partial charge in [-0.1, -0.05) is 15.9 Å². The standard InChI is InChI=1S/C15H18BrNO3/c1-11(15-3-2-8-19-15)17-9-13(18)10-20-14-6-4-12(16)5-7-14/h2-8,11,13,17-18H,9-10H2,1H3. The van der Waals surface area contributed by atoms with Gasteiger partial charge in [0.1, 0.15) is 24.2 Å². The molecule has 2 aromatic rings. The third kappa shape index (κ3) is 4.67. The summed E-state index contributed by atoms with van der Waals surface area (Å²) in [5.74, 6) is 1.59. The number of hydrogen-bond acceptors (Lipinski definition) is 4. The minimum absolute atomic E-state index is 0.0623. The Morgan fingerprint density at radius 3 is 2.70 bits per heavy atom. The Labute approximate surface area is 126 Å². The average Bonchev–Trinajstić information content (AvgIpc) is 2.98. The van der Waals surface area contributed by atoms with Gasteiger partial charge in [-0.25, -0.2) is 0 Å². The number of furan rings is 1. The van der Waals surface area contributed by atoms with E-state index in [4.69, 9.17) is 9.15 Å². The SMILES string of the molecule is CC(NCC(O)COc1ccc(Br)cc1)c1ccco1. The summed E-state index contributed by atoms with van der Waals surface area (Å²) in [5, 5.41) is 13.1. The Bertz CT molecular complexity index is 498. The van der Waals surface area contributed by atoms with Crippen LogP contribution < -0.4 is 10.1 Å². The van der Waals surface area contributed by atoms with Crippen molar-refractivity contribution in [3.63, 3.8) is 0 Å². The van der Waals surface area contributed by atoms with Gasteiger partial charge in [-0.15, -0.1) is 0 Å². The molecule has 1 heterocycles. The van der Waals surface area contributed by atoms with Gasteiger partial charge in [0.25, 0.3) is 0 Å². The smallest absolute Gasteiger partial charge is 0.120 e. The van der Waals surface area contributed by atoms with Crippen LogP contribution in [-0.4, -0.2) is 24.4 Å². The van der Waals surface area contributed by atoms with E-state index in [9.17, 15) is 5.11 Å². The first-order valence-corrected chi connectivity index (χ1v) is 7.27. The molecule has 0 radical (unpaired) electrons. The lowest BCUT2D eigenvalue weighted by atomic mass is 10.2. The third-order valence-electron chi connectivity index (χ3n) is 2.89. The molecule has 20 heavy (non-hydrogen) atoms. The second-order valence-electron chi connectivity index (χ2n) is 4.56. The lowest BCUT2D eigenvalue weighted by Crippen LogP contribution is -2.32. The van der Waals surface area contributed by atoms with Gasteiger partial charge in [-0.2, -0.15) is 0 Å². The van der Waals surface area contributed by atoms with Gasteiger partial charge < -0.3 is 19.6 Å². The molecule has 2 unspecified atom stereocenters. The van der Waals surface area contributed by atoms with Crippen LogP contribution in [0.1, 0.15) is 18.7 Å². The van der Waals surface area contributed by atoms with E-state index in [2.05, 4.69) is 21.2 Å². The normalized spacial score (nSPS) is 13.9. The number of halogens is 1. The molecule has 0 amide bonds. The molecule has 2 atom stereocenters. The van der Waals surface area contributed by atoms with Crippen molar-refractivity contribution >= 4 is 15.9 Å². The summed E-state index contributed by atoms with van der Waals surface area (Å²) in [5.41, 5.74) is 0. The number of ether oxygens (including phenoxy) is 1. The zero-order valence-corrected chi connectivity index (χ0v) is 12.8. The molecule has 0 spiro atoms. The summed E-state index contributed by atoms with van der Waals surface area (Å²) < 4.78 is 11.8. The van der Waals surface area contributed by atoms with E-state index in [0.29, 0.717) is 6.54 Å². The first-order valence-electron chi connectivity index (χ1n) is 6.48. The molecule has 4 nitrogen and oxygen atoms in total. The fraction of sp³-hybridized carbons (Fsp3) is 0.333. The number of benzene rings is 1. The van der Waals surface area contributed by atoms with Crippen LogP contribution in [0.25, 0.3) is 0 Å². The quantitative estimate of drug-likeness (QED) is 0.813. The van der Waals surface area contributed by atoms with Crippen LogP contribution in [0.2, 0.25) is 0 Å². The summed E-state index contributed by atoms with van der Waals surface area (Å²) in [4.78, 5) is 0. The maximum atomic E-state index is 9.88. The van der Waals surface area contributed by atoms with Crippen molar-refractivity contribution in [3.05, 3.63) is 52.9 Å². The number of aliphatic hydroxyl groups is 1. The van der Waals surface area contributed by atoms with Crippen molar-refractivity contribution in [2.24, 2.45) is 0 Å². The van der Waals surface area contributed by atoms with Crippen molar-refractivity contribution in [2.75, 3.05) is 13.2 Å². The molecular weight excluding hydrogens is 322 g/mol. The maximum absolute atomic E-state index is 9.88. The van der Waals surface area contributed by atoms with Gasteiger partial charge in [0, 0.05) is 11.0 Å². The fourth-order valence-corrected chi connectivity index (χ4v) is 2.00. The Morgan fingerprint density at radius 2 is 2.05 bits per heavy atom. The van der Waals surface area contributed by atoms with Crippen molar-refractivity contribution in [1.82, 2.24) is 5.32 Å². The first kappa shape index (κ1) is 15.1.